The Morgan fingerprint density at radius 1 is 1.24 bits per heavy atom. The van der Waals surface area contributed by atoms with Crippen molar-refractivity contribution < 1.29 is 14.6 Å². The first-order chi connectivity index (χ1) is 17.2. The van der Waals surface area contributed by atoms with Crippen molar-refractivity contribution in [2.24, 2.45) is 7.05 Å². The Kier molecular flexibility index (Phi) is 6.81. The van der Waals surface area contributed by atoms with Crippen LogP contribution in [0.4, 0.5) is 0 Å². The number of rotatable bonds is 7. The Labute approximate surface area is 220 Å². The van der Waals surface area contributed by atoms with E-state index < -0.39 is 11.0 Å². The normalized spacial score (nSPS) is 12.4. The van der Waals surface area contributed by atoms with E-state index in [4.69, 9.17) is 4.74 Å². The van der Waals surface area contributed by atoms with Gasteiger partial charge in [0.15, 0.2) is 0 Å². The average molecular weight is 523 g/mol. The molecule has 0 aliphatic carbocycles. The minimum atomic E-state index is -1.01. The van der Waals surface area contributed by atoms with Gasteiger partial charge in [0.2, 0.25) is 5.88 Å². The third kappa shape index (κ3) is 4.93. The van der Waals surface area contributed by atoms with E-state index >= 15 is 0 Å². The van der Waals surface area contributed by atoms with Gasteiger partial charge >= 0.3 is 0 Å². The molecule has 0 spiro atoms. The lowest BCUT2D eigenvalue weighted by Crippen LogP contribution is -2.41. The van der Waals surface area contributed by atoms with Crippen LogP contribution in [0, 0.1) is 6.92 Å². The number of nitrogens with one attached hydrogen (secondary N) is 2. The fraction of sp³-hybridized carbons (Fsp3) is 0.393. The van der Waals surface area contributed by atoms with Gasteiger partial charge in [-0.2, -0.15) is 0 Å². The van der Waals surface area contributed by atoms with Crippen molar-refractivity contribution >= 4 is 28.1 Å². The number of carbonyl (C=O) groups is 1. The van der Waals surface area contributed by atoms with E-state index in [9.17, 15) is 14.7 Å². The van der Waals surface area contributed by atoms with Gasteiger partial charge in [-0.05, 0) is 52.8 Å². The summed E-state index contributed by atoms with van der Waals surface area (Å²) < 4.78 is 7.84. The third-order valence-corrected chi connectivity index (χ3v) is 8.36. The summed E-state index contributed by atoms with van der Waals surface area (Å²) in [4.78, 5) is 34.9. The minimum Gasteiger partial charge on any atom is -0.437 e. The van der Waals surface area contributed by atoms with Crippen molar-refractivity contribution in [2.75, 3.05) is 0 Å². The summed E-state index contributed by atoms with van der Waals surface area (Å²) in [5.41, 5.74) is 0.413. The van der Waals surface area contributed by atoms with Gasteiger partial charge in [-0.15, -0.1) is 11.3 Å². The number of hydrogen-bond acceptors (Lipinski definition) is 6. The number of amides is 1. The van der Waals surface area contributed by atoms with Gasteiger partial charge in [-0.3, -0.25) is 9.59 Å². The lowest BCUT2D eigenvalue weighted by molar-refractivity contribution is 0.0112. The molecule has 37 heavy (non-hydrogen) atoms. The highest BCUT2D eigenvalue weighted by molar-refractivity contribution is 7.16. The smallest absolute Gasteiger partial charge is 0.274 e. The zero-order chi connectivity index (χ0) is 27.3. The first-order valence-electron chi connectivity index (χ1n) is 12.2. The Bertz CT molecular complexity index is 1540. The van der Waals surface area contributed by atoms with E-state index in [1.807, 2.05) is 52.8 Å². The van der Waals surface area contributed by atoms with Crippen molar-refractivity contribution in [2.45, 2.75) is 65.5 Å². The fourth-order valence-electron chi connectivity index (χ4n) is 3.91. The molecular formula is C28H34N4O4S. The molecule has 0 saturated heterocycles. The first kappa shape index (κ1) is 26.6. The molecule has 8 nitrogen and oxygen atoms in total. The number of thiophene rings is 1. The predicted octanol–water partition coefficient (Wildman–Crippen LogP) is 5.28. The fourth-order valence-corrected chi connectivity index (χ4v) is 5.27. The van der Waals surface area contributed by atoms with Gasteiger partial charge in [0.05, 0.1) is 10.5 Å². The first-order valence-corrected chi connectivity index (χ1v) is 13.0. The van der Waals surface area contributed by atoms with Crippen molar-refractivity contribution in [1.82, 2.24) is 19.9 Å². The highest BCUT2D eigenvalue weighted by Crippen LogP contribution is 2.48. The van der Waals surface area contributed by atoms with Crippen molar-refractivity contribution in [3.63, 3.8) is 0 Å². The van der Waals surface area contributed by atoms with Crippen molar-refractivity contribution in [3.8, 4) is 22.1 Å². The summed E-state index contributed by atoms with van der Waals surface area (Å²) >= 11 is 1.49. The maximum Gasteiger partial charge on any atom is 0.274 e. The van der Waals surface area contributed by atoms with Gasteiger partial charge in [0.25, 0.3) is 11.5 Å². The van der Waals surface area contributed by atoms with Crippen molar-refractivity contribution in [3.05, 3.63) is 63.1 Å². The van der Waals surface area contributed by atoms with Gasteiger partial charge in [0, 0.05) is 52.3 Å². The highest BCUT2D eigenvalue weighted by atomic mass is 32.1. The summed E-state index contributed by atoms with van der Waals surface area (Å²) in [6.45, 7) is 13.2. The van der Waals surface area contributed by atoms with Gasteiger partial charge in [-0.1, -0.05) is 19.9 Å². The number of aliphatic hydroxyl groups is 1. The van der Waals surface area contributed by atoms with E-state index in [0.717, 1.165) is 20.9 Å². The number of ether oxygens (including phenoxy) is 1. The number of aryl methyl sites for hydroxylation is 2. The van der Waals surface area contributed by atoms with E-state index in [2.05, 4.69) is 15.3 Å². The molecule has 0 atom stereocenters. The van der Waals surface area contributed by atoms with Crippen LogP contribution in [0.25, 0.3) is 21.3 Å². The molecular weight excluding hydrogens is 488 g/mol. The molecule has 0 fully saturated rings. The molecule has 1 amide bonds. The lowest BCUT2D eigenvalue weighted by atomic mass is 9.76. The SMILES string of the molecule is Cc1cccnc1Oc1cc(C(C)(C)C(C)(C)O)sc1-c1cn(C)c(=O)c2[nH]c(C(=O)NC(C)C)cc12. The number of hydrogen-bond donors (Lipinski definition) is 3. The Hall–Kier alpha value is -3.43. The number of aromatic nitrogens is 3. The summed E-state index contributed by atoms with van der Waals surface area (Å²) in [5.74, 6) is 0.754. The minimum absolute atomic E-state index is 0.0493. The monoisotopic (exact) mass is 522 g/mol. The maximum atomic E-state index is 13.0. The molecule has 0 unspecified atom stereocenters. The molecule has 3 N–H and O–H groups in total. The number of carbonyl (C=O) groups excluding carboxylic acids is 1. The molecule has 4 heterocycles. The molecule has 0 aliphatic rings. The summed E-state index contributed by atoms with van der Waals surface area (Å²) in [7, 11) is 1.68. The number of H-pyrrole nitrogens is 1. The second kappa shape index (κ2) is 9.46. The molecule has 196 valence electrons. The molecule has 0 aromatic carbocycles. The van der Waals surface area contributed by atoms with Crippen LogP contribution in [-0.4, -0.2) is 37.2 Å². The molecule has 4 rings (SSSR count). The molecule has 0 saturated carbocycles. The zero-order valence-electron chi connectivity index (χ0n) is 22.5. The van der Waals surface area contributed by atoms with Crippen LogP contribution in [0.1, 0.15) is 62.5 Å². The second-order valence-corrected chi connectivity index (χ2v) is 11.8. The van der Waals surface area contributed by atoms with Crippen LogP contribution in [-0.2, 0) is 12.5 Å². The van der Waals surface area contributed by atoms with Gasteiger partial charge in [0.1, 0.15) is 17.0 Å². The summed E-state index contributed by atoms with van der Waals surface area (Å²) in [6.07, 6.45) is 3.43. The van der Waals surface area contributed by atoms with Crippen LogP contribution < -0.4 is 15.6 Å². The summed E-state index contributed by atoms with van der Waals surface area (Å²) in [6, 6.07) is 7.36. The van der Waals surface area contributed by atoms with E-state index in [1.54, 1.807) is 39.4 Å². The molecule has 0 bridgehead atoms. The molecule has 0 radical (unpaired) electrons. The number of aromatic amines is 1. The number of nitrogens with zero attached hydrogens (tertiary/aromatic N) is 2. The van der Waals surface area contributed by atoms with Crippen LogP contribution >= 0.6 is 11.3 Å². The average Bonchev–Trinajstić information content (AvgIpc) is 3.42. The predicted molar refractivity (Wildman–Crippen MR) is 148 cm³/mol. The van der Waals surface area contributed by atoms with Crippen LogP contribution in [0.2, 0.25) is 0 Å². The standard InChI is InChI=1S/C28H34N4O4S/c1-15(2)30-24(33)19-12-17-18(14-32(8)26(34)22(17)31-19)23-20(36-25-16(3)10-9-11-29-25)13-21(37-23)27(4,5)28(6,7)35/h9-15,31,35H,1-8H3,(H,30,33). The quantitative estimate of drug-likeness (QED) is 0.306. The van der Waals surface area contributed by atoms with Crippen LogP contribution in [0.3, 0.4) is 0 Å². The van der Waals surface area contributed by atoms with E-state index in [1.165, 1.54) is 15.9 Å². The number of fused-ring (bicyclic) bond motifs is 1. The summed E-state index contributed by atoms with van der Waals surface area (Å²) in [5, 5.41) is 14.4. The Morgan fingerprint density at radius 3 is 2.57 bits per heavy atom. The number of pyridine rings is 2. The molecule has 4 aromatic heterocycles. The second-order valence-electron chi connectivity index (χ2n) is 10.8. The molecule has 4 aromatic rings. The van der Waals surface area contributed by atoms with E-state index in [-0.39, 0.29) is 17.5 Å². The Balaban J connectivity index is 1.97. The maximum absolute atomic E-state index is 13.0. The highest BCUT2D eigenvalue weighted by Gasteiger charge is 2.39. The molecule has 0 aliphatic heterocycles. The van der Waals surface area contributed by atoms with Gasteiger partial charge < -0.3 is 24.7 Å². The Morgan fingerprint density at radius 2 is 1.95 bits per heavy atom. The largest absolute Gasteiger partial charge is 0.437 e. The van der Waals surface area contributed by atoms with Crippen molar-refractivity contribution in [1.29, 1.82) is 0 Å². The third-order valence-electron chi connectivity index (χ3n) is 6.89. The van der Waals surface area contributed by atoms with Crippen LogP contribution in [0.15, 0.2) is 41.5 Å². The van der Waals surface area contributed by atoms with Crippen LogP contribution in [0.5, 0.6) is 11.6 Å². The van der Waals surface area contributed by atoms with E-state index in [0.29, 0.717) is 28.2 Å². The molecule has 9 heteroatoms. The topological polar surface area (TPSA) is 109 Å². The lowest BCUT2D eigenvalue weighted by Gasteiger charge is -2.36. The zero-order valence-corrected chi connectivity index (χ0v) is 23.3. The van der Waals surface area contributed by atoms with Gasteiger partial charge in [-0.25, -0.2) is 4.98 Å².